The molecule has 0 aliphatic carbocycles. The van der Waals surface area contributed by atoms with Crippen molar-refractivity contribution in [1.82, 2.24) is 15.3 Å². The quantitative estimate of drug-likeness (QED) is 0.917. The normalized spacial score (nSPS) is 13.2. The molecule has 0 bridgehead atoms. The van der Waals surface area contributed by atoms with Crippen molar-refractivity contribution < 1.29 is 4.79 Å². The summed E-state index contributed by atoms with van der Waals surface area (Å²) in [6, 6.07) is 10.1. The minimum Gasteiger partial charge on any atom is -0.351 e. The predicted octanol–water partition coefficient (Wildman–Crippen LogP) is 3.26. The molecule has 5 heteroatoms. The molecule has 1 amide bonds. The molecule has 1 aliphatic rings. The van der Waals surface area contributed by atoms with Crippen LogP contribution in [0.1, 0.15) is 42.1 Å². The summed E-state index contributed by atoms with van der Waals surface area (Å²) in [5.41, 5.74) is 2.92. The number of aromatic nitrogens is 2. The first kappa shape index (κ1) is 16.4. The van der Waals surface area contributed by atoms with E-state index in [4.69, 9.17) is 0 Å². The number of nitrogens with one attached hydrogen (secondary N) is 1. The highest BCUT2D eigenvalue weighted by Gasteiger charge is 2.22. The first-order valence-electron chi connectivity index (χ1n) is 8.54. The summed E-state index contributed by atoms with van der Waals surface area (Å²) in [6.07, 6.45) is 1.96. The molecule has 0 spiro atoms. The summed E-state index contributed by atoms with van der Waals surface area (Å²) in [5, 5.41) is 2.95. The molecule has 2 heterocycles. The topological polar surface area (TPSA) is 58.1 Å². The van der Waals surface area contributed by atoms with Gasteiger partial charge in [0.05, 0.1) is 0 Å². The number of amides is 1. The molecule has 24 heavy (non-hydrogen) atoms. The lowest BCUT2D eigenvalue weighted by Crippen LogP contribution is -2.27. The summed E-state index contributed by atoms with van der Waals surface area (Å²) in [4.78, 5) is 23.4. The van der Waals surface area contributed by atoms with Crippen LogP contribution in [-0.4, -0.2) is 29.0 Å². The number of carbonyl (C=O) groups is 1. The molecule has 1 N–H and O–H groups in total. The Morgan fingerprint density at radius 2 is 2.08 bits per heavy atom. The van der Waals surface area contributed by atoms with E-state index in [1.165, 1.54) is 11.3 Å². The van der Waals surface area contributed by atoms with E-state index in [1.54, 1.807) is 6.07 Å². The van der Waals surface area contributed by atoms with Crippen LogP contribution in [0.15, 0.2) is 30.3 Å². The maximum atomic E-state index is 12.4. The molecule has 1 aromatic carbocycles. The summed E-state index contributed by atoms with van der Waals surface area (Å²) >= 11 is 0. The SMILES string of the molecule is Cc1nc(C(=O)NCCC(C)C)cc(N2CCc3ccccc32)n1. The maximum Gasteiger partial charge on any atom is 0.270 e. The Morgan fingerprint density at radius 3 is 2.88 bits per heavy atom. The van der Waals surface area contributed by atoms with E-state index in [0.29, 0.717) is 24.0 Å². The first-order chi connectivity index (χ1) is 11.5. The van der Waals surface area contributed by atoms with Crippen LogP contribution < -0.4 is 10.2 Å². The largest absolute Gasteiger partial charge is 0.351 e. The van der Waals surface area contributed by atoms with E-state index in [1.807, 2.05) is 13.0 Å². The number of para-hydroxylation sites is 1. The predicted molar refractivity (Wildman–Crippen MR) is 95.7 cm³/mol. The number of rotatable bonds is 5. The fraction of sp³-hybridized carbons (Fsp3) is 0.421. The van der Waals surface area contributed by atoms with Crippen molar-refractivity contribution in [3.63, 3.8) is 0 Å². The van der Waals surface area contributed by atoms with Crippen molar-refractivity contribution in [1.29, 1.82) is 0 Å². The summed E-state index contributed by atoms with van der Waals surface area (Å²) in [7, 11) is 0. The van der Waals surface area contributed by atoms with E-state index in [0.717, 1.165) is 25.2 Å². The zero-order valence-corrected chi connectivity index (χ0v) is 14.5. The smallest absolute Gasteiger partial charge is 0.270 e. The third-order valence-corrected chi connectivity index (χ3v) is 4.23. The fourth-order valence-corrected chi connectivity index (χ4v) is 2.95. The minimum absolute atomic E-state index is 0.130. The minimum atomic E-state index is -0.130. The van der Waals surface area contributed by atoms with Crippen LogP contribution in [0, 0.1) is 12.8 Å². The van der Waals surface area contributed by atoms with Gasteiger partial charge in [0.1, 0.15) is 17.3 Å². The van der Waals surface area contributed by atoms with Crippen LogP contribution in [0.25, 0.3) is 0 Å². The first-order valence-corrected chi connectivity index (χ1v) is 8.54. The molecule has 3 rings (SSSR count). The Bertz CT molecular complexity index is 742. The highest BCUT2D eigenvalue weighted by Crippen LogP contribution is 2.33. The molecule has 5 nitrogen and oxygen atoms in total. The van der Waals surface area contributed by atoms with E-state index in [-0.39, 0.29) is 5.91 Å². The molecular formula is C19H24N4O. The number of carbonyl (C=O) groups excluding carboxylic acids is 1. The Morgan fingerprint density at radius 1 is 1.29 bits per heavy atom. The van der Waals surface area contributed by atoms with Crippen LogP contribution in [0.3, 0.4) is 0 Å². The van der Waals surface area contributed by atoms with Gasteiger partial charge in [-0.25, -0.2) is 9.97 Å². The lowest BCUT2D eigenvalue weighted by molar-refractivity contribution is 0.0946. The Hall–Kier alpha value is -2.43. The monoisotopic (exact) mass is 324 g/mol. The van der Waals surface area contributed by atoms with Gasteiger partial charge in [-0.1, -0.05) is 32.0 Å². The Labute approximate surface area is 143 Å². The lowest BCUT2D eigenvalue weighted by atomic mass is 10.1. The average molecular weight is 324 g/mol. The number of fused-ring (bicyclic) bond motifs is 1. The fourth-order valence-electron chi connectivity index (χ4n) is 2.95. The van der Waals surface area contributed by atoms with Crippen LogP contribution >= 0.6 is 0 Å². The zero-order chi connectivity index (χ0) is 17.1. The average Bonchev–Trinajstić information content (AvgIpc) is 2.98. The van der Waals surface area contributed by atoms with Crippen molar-refractivity contribution in [3.8, 4) is 0 Å². The van der Waals surface area contributed by atoms with Gasteiger partial charge in [0.25, 0.3) is 5.91 Å². The third kappa shape index (κ3) is 3.55. The molecule has 1 aromatic heterocycles. The number of hydrogen-bond acceptors (Lipinski definition) is 4. The highest BCUT2D eigenvalue weighted by atomic mass is 16.1. The molecule has 0 saturated carbocycles. The van der Waals surface area contributed by atoms with Crippen molar-refractivity contribution in [2.75, 3.05) is 18.0 Å². The third-order valence-electron chi connectivity index (χ3n) is 4.23. The van der Waals surface area contributed by atoms with Crippen LogP contribution in [-0.2, 0) is 6.42 Å². The summed E-state index contributed by atoms with van der Waals surface area (Å²) in [6.45, 7) is 7.66. The number of nitrogens with zero attached hydrogens (tertiary/aromatic N) is 3. The van der Waals surface area contributed by atoms with Gasteiger partial charge in [-0.3, -0.25) is 4.79 Å². The van der Waals surface area contributed by atoms with E-state index < -0.39 is 0 Å². The van der Waals surface area contributed by atoms with Crippen molar-refractivity contribution in [3.05, 3.63) is 47.4 Å². The van der Waals surface area contributed by atoms with E-state index in [2.05, 4.69) is 52.2 Å². The van der Waals surface area contributed by atoms with Crippen molar-refractivity contribution in [2.45, 2.75) is 33.6 Å². The summed E-state index contributed by atoms with van der Waals surface area (Å²) in [5.74, 6) is 1.84. The summed E-state index contributed by atoms with van der Waals surface area (Å²) < 4.78 is 0. The molecular weight excluding hydrogens is 300 g/mol. The lowest BCUT2D eigenvalue weighted by Gasteiger charge is -2.19. The standard InChI is InChI=1S/C19H24N4O/c1-13(2)8-10-20-19(24)16-12-18(22-14(3)21-16)23-11-9-15-6-4-5-7-17(15)23/h4-7,12-13H,8-11H2,1-3H3,(H,20,24). The van der Waals surface area contributed by atoms with E-state index >= 15 is 0 Å². The molecule has 0 fully saturated rings. The molecule has 1 aliphatic heterocycles. The van der Waals surface area contributed by atoms with Crippen LogP contribution in [0.2, 0.25) is 0 Å². The van der Waals surface area contributed by atoms with E-state index in [9.17, 15) is 4.79 Å². The number of aryl methyl sites for hydroxylation is 1. The van der Waals surface area contributed by atoms with Gasteiger partial charge in [0.15, 0.2) is 0 Å². The van der Waals surface area contributed by atoms with Crippen molar-refractivity contribution >= 4 is 17.4 Å². The van der Waals surface area contributed by atoms with Gasteiger partial charge in [0, 0.05) is 24.8 Å². The molecule has 0 saturated heterocycles. The Kier molecular flexibility index (Phi) is 4.79. The number of benzene rings is 1. The second-order valence-corrected chi connectivity index (χ2v) is 6.63. The second-order valence-electron chi connectivity index (χ2n) is 6.63. The molecule has 0 radical (unpaired) electrons. The number of hydrogen-bond donors (Lipinski definition) is 1. The second kappa shape index (κ2) is 6.99. The van der Waals surface area contributed by atoms with Gasteiger partial charge in [-0.05, 0) is 37.3 Å². The molecule has 126 valence electrons. The highest BCUT2D eigenvalue weighted by molar-refractivity contribution is 5.93. The maximum absolute atomic E-state index is 12.4. The van der Waals surface area contributed by atoms with Crippen molar-refractivity contribution in [2.24, 2.45) is 5.92 Å². The van der Waals surface area contributed by atoms with Gasteiger partial charge in [-0.15, -0.1) is 0 Å². The number of anilines is 2. The zero-order valence-electron chi connectivity index (χ0n) is 14.5. The van der Waals surface area contributed by atoms with Crippen LogP contribution in [0.5, 0.6) is 0 Å². The Balaban J connectivity index is 1.81. The van der Waals surface area contributed by atoms with Gasteiger partial charge >= 0.3 is 0 Å². The van der Waals surface area contributed by atoms with Crippen LogP contribution in [0.4, 0.5) is 11.5 Å². The molecule has 2 aromatic rings. The van der Waals surface area contributed by atoms with Gasteiger partial charge < -0.3 is 10.2 Å². The van der Waals surface area contributed by atoms with Gasteiger partial charge in [-0.2, -0.15) is 0 Å². The molecule has 0 atom stereocenters. The molecule has 0 unspecified atom stereocenters. The van der Waals surface area contributed by atoms with Gasteiger partial charge in [0.2, 0.25) is 0 Å².